The van der Waals surface area contributed by atoms with Gasteiger partial charge in [0, 0.05) is 4.47 Å². The number of benzene rings is 1. The van der Waals surface area contributed by atoms with Crippen molar-refractivity contribution in [3.63, 3.8) is 0 Å². The van der Waals surface area contributed by atoms with Gasteiger partial charge in [-0.25, -0.2) is 0 Å². The Hall–Kier alpha value is -0.683. The first-order valence-corrected chi connectivity index (χ1v) is 9.93. The van der Waals surface area contributed by atoms with Crippen LogP contribution in [-0.4, -0.2) is 22.5 Å². The summed E-state index contributed by atoms with van der Waals surface area (Å²) in [5, 5.41) is 0.133. The van der Waals surface area contributed by atoms with Gasteiger partial charge in [-0.2, -0.15) is 0 Å². The van der Waals surface area contributed by atoms with E-state index in [1.807, 2.05) is 12.1 Å². The minimum atomic E-state index is -1.91. The molecule has 19 heavy (non-hydrogen) atoms. The number of halogens is 1. The summed E-state index contributed by atoms with van der Waals surface area (Å²) in [6.07, 6.45) is 0. The van der Waals surface area contributed by atoms with Gasteiger partial charge in [-0.1, -0.05) is 36.7 Å². The molecule has 0 saturated heterocycles. The second-order valence-corrected chi connectivity index (χ2v) is 11.6. The Balaban J connectivity index is 3.24. The van der Waals surface area contributed by atoms with Crippen LogP contribution in [0.5, 0.6) is 17.2 Å². The maximum Gasteiger partial charge on any atom is 0.250 e. The zero-order valence-electron chi connectivity index (χ0n) is 12.8. The molecule has 3 nitrogen and oxygen atoms in total. The molecule has 108 valence electrons. The van der Waals surface area contributed by atoms with E-state index < -0.39 is 8.32 Å². The average molecular weight is 347 g/mol. The molecular formula is C14H23BrO3Si. The number of ether oxygens (including phenoxy) is 2. The Morgan fingerprint density at radius 3 is 1.95 bits per heavy atom. The van der Waals surface area contributed by atoms with E-state index in [0.29, 0.717) is 11.5 Å². The lowest BCUT2D eigenvalue weighted by Gasteiger charge is -2.37. The summed E-state index contributed by atoms with van der Waals surface area (Å²) in [4.78, 5) is 0. The minimum Gasteiger partial charge on any atom is -0.541 e. The predicted octanol–water partition coefficient (Wildman–Crippen LogP) is 4.85. The number of hydrogen-bond donors (Lipinski definition) is 0. The third-order valence-corrected chi connectivity index (χ3v) is 8.38. The Bertz CT molecular complexity index is 453. The van der Waals surface area contributed by atoms with Gasteiger partial charge in [0.25, 0.3) is 8.32 Å². The molecule has 0 fully saturated rings. The molecule has 0 unspecified atom stereocenters. The minimum absolute atomic E-state index is 0.133. The molecule has 0 saturated carbocycles. The van der Waals surface area contributed by atoms with Crippen LogP contribution in [0.2, 0.25) is 18.1 Å². The molecule has 1 aromatic carbocycles. The van der Waals surface area contributed by atoms with Crippen LogP contribution in [0, 0.1) is 0 Å². The van der Waals surface area contributed by atoms with Gasteiger partial charge < -0.3 is 13.9 Å². The Kier molecular flexibility index (Phi) is 4.95. The van der Waals surface area contributed by atoms with Gasteiger partial charge in [-0.3, -0.25) is 0 Å². The molecule has 0 spiro atoms. The van der Waals surface area contributed by atoms with Gasteiger partial charge >= 0.3 is 0 Å². The molecule has 0 amide bonds. The van der Waals surface area contributed by atoms with Crippen LogP contribution in [0.1, 0.15) is 20.8 Å². The summed E-state index contributed by atoms with van der Waals surface area (Å²) >= 11 is 3.48. The van der Waals surface area contributed by atoms with E-state index in [1.165, 1.54) is 0 Å². The third-order valence-electron chi connectivity index (χ3n) is 3.58. The molecule has 0 aliphatic heterocycles. The van der Waals surface area contributed by atoms with E-state index in [-0.39, 0.29) is 5.04 Å². The van der Waals surface area contributed by atoms with Crippen LogP contribution in [-0.2, 0) is 0 Å². The molecular weight excluding hydrogens is 324 g/mol. The fourth-order valence-corrected chi connectivity index (χ4v) is 2.82. The van der Waals surface area contributed by atoms with Crippen LogP contribution in [0.3, 0.4) is 0 Å². The van der Waals surface area contributed by atoms with E-state index in [4.69, 9.17) is 13.9 Å². The standard InChI is InChI=1S/C14H23BrO3Si/c1-14(2,3)19(6,7)18-12-9-10(15)8-11(16-4)13(12)17-5/h8-9H,1-7H3. The first-order valence-electron chi connectivity index (χ1n) is 6.23. The maximum absolute atomic E-state index is 6.32. The van der Waals surface area contributed by atoms with Crippen molar-refractivity contribution in [2.75, 3.05) is 14.2 Å². The third kappa shape index (κ3) is 3.66. The van der Waals surface area contributed by atoms with Crippen molar-refractivity contribution >= 4 is 24.2 Å². The van der Waals surface area contributed by atoms with Crippen LogP contribution >= 0.6 is 15.9 Å². The lowest BCUT2D eigenvalue weighted by molar-refractivity contribution is 0.340. The van der Waals surface area contributed by atoms with Crippen LogP contribution < -0.4 is 13.9 Å². The smallest absolute Gasteiger partial charge is 0.250 e. The molecule has 0 aromatic heterocycles. The van der Waals surface area contributed by atoms with Crippen molar-refractivity contribution in [1.29, 1.82) is 0 Å². The molecule has 0 aliphatic rings. The first-order chi connectivity index (χ1) is 8.62. The highest BCUT2D eigenvalue weighted by Crippen LogP contribution is 2.44. The van der Waals surface area contributed by atoms with E-state index in [0.717, 1.165) is 10.2 Å². The number of hydrogen-bond acceptors (Lipinski definition) is 3. The molecule has 5 heteroatoms. The fraction of sp³-hybridized carbons (Fsp3) is 0.571. The number of methoxy groups -OCH3 is 2. The van der Waals surface area contributed by atoms with Crippen LogP contribution in [0.25, 0.3) is 0 Å². The maximum atomic E-state index is 6.32. The highest BCUT2D eigenvalue weighted by Gasteiger charge is 2.39. The van der Waals surface area contributed by atoms with Gasteiger partial charge in [0.2, 0.25) is 5.75 Å². The lowest BCUT2D eigenvalue weighted by Crippen LogP contribution is -2.43. The summed E-state index contributed by atoms with van der Waals surface area (Å²) in [6, 6.07) is 3.80. The molecule has 0 aliphatic carbocycles. The van der Waals surface area contributed by atoms with Gasteiger partial charge in [0.15, 0.2) is 11.5 Å². The quantitative estimate of drug-likeness (QED) is 0.729. The highest BCUT2D eigenvalue weighted by molar-refractivity contribution is 9.10. The monoisotopic (exact) mass is 346 g/mol. The SMILES string of the molecule is COc1cc(Br)cc(O[Si](C)(C)C(C)(C)C)c1OC. The second-order valence-electron chi connectivity index (χ2n) is 6.00. The van der Waals surface area contributed by atoms with Gasteiger partial charge in [-0.05, 0) is 30.3 Å². The predicted molar refractivity (Wildman–Crippen MR) is 85.1 cm³/mol. The van der Waals surface area contributed by atoms with Gasteiger partial charge in [-0.15, -0.1) is 0 Å². The largest absolute Gasteiger partial charge is 0.541 e. The molecule has 1 rings (SSSR count). The van der Waals surface area contributed by atoms with Gasteiger partial charge in [0.1, 0.15) is 0 Å². The normalized spacial score (nSPS) is 12.2. The fourth-order valence-electron chi connectivity index (χ4n) is 1.40. The lowest BCUT2D eigenvalue weighted by atomic mass is 10.2. The van der Waals surface area contributed by atoms with Crippen molar-refractivity contribution in [3.05, 3.63) is 16.6 Å². The Morgan fingerprint density at radius 2 is 1.53 bits per heavy atom. The summed E-state index contributed by atoms with van der Waals surface area (Å²) in [5.41, 5.74) is 0. The number of rotatable bonds is 4. The van der Waals surface area contributed by atoms with Crippen molar-refractivity contribution < 1.29 is 13.9 Å². The van der Waals surface area contributed by atoms with Crippen molar-refractivity contribution in [2.24, 2.45) is 0 Å². The first kappa shape index (κ1) is 16.4. The topological polar surface area (TPSA) is 27.7 Å². The molecule has 1 aromatic rings. The molecule has 0 radical (unpaired) electrons. The Labute approximate surface area is 125 Å². The van der Waals surface area contributed by atoms with E-state index in [1.54, 1.807) is 14.2 Å². The van der Waals surface area contributed by atoms with Crippen molar-refractivity contribution in [1.82, 2.24) is 0 Å². The van der Waals surface area contributed by atoms with E-state index >= 15 is 0 Å². The summed E-state index contributed by atoms with van der Waals surface area (Å²) in [7, 11) is 1.35. The van der Waals surface area contributed by atoms with Gasteiger partial charge in [0.05, 0.1) is 14.2 Å². The highest BCUT2D eigenvalue weighted by atomic mass is 79.9. The van der Waals surface area contributed by atoms with Crippen molar-refractivity contribution in [2.45, 2.75) is 38.9 Å². The van der Waals surface area contributed by atoms with E-state index in [9.17, 15) is 0 Å². The second kappa shape index (κ2) is 5.75. The van der Waals surface area contributed by atoms with E-state index in [2.05, 4.69) is 49.8 Å². The molecule has 0 N–H and O–H groups in total. The van der Waals surface area contributed by atoms with Crippen LogP contribution in [0.4, 0.5) is 0 Å². The average Bonchev–Trinajstić information content (AvgIpc) is 2.26. The molecule has 0 bridgehead atoms. The Morgan fingerprint density at radius 1 is 1.00 bits per heavy atom. The molecule has 0 heterocycles. The van der Waals surface area contributed by atoms with Crippen LogP contribution in [0.15, 0.2) is 16.6 Å². The zero-order chi connectivity index (χ0) is 14.8. The summed E-state index contributed by atoms with van der Waals surface area (Å²) < 4.78 is 18.0. The zero-order valence-corrected chi connectivity index (χ0v) is 15.3. The summed E-state index contributed by atoms with van der Waals surface area (Å²) in [6.45, 7) is 11.0. The molecule has 0 atom stereocenters. The van der Waals surface area contributed by atoms with Crippen molar-refractivity contribution in [3.8, 4) is 17.2 Å². The summed E-state index contributed by atoms with van der Waals surface area (Å²) in [5.74, 6) is 2.06.